The standard InChI is InChI=1S/C24H24N2O4S/c1-28-15-16-29-22-10-6-5-9-21(22)23(27)26-24(31)25-19-11-13-20(14-12-19)30-17-18-7-3-2-4-8-18/h2-14H,15-17H2,1H3,(H2,25,26,27,31). The minimum absolute atomic E-state index is 0.189. The highest BCUT2D eigenvalue weighted by molar-refractivity contribution is 7.80. The molecule has 0 aliphatic heterocycles. The van der Waals surface area contributed by atoms with Crippen LogP contribution in [-0.4, -0.2) is 31.3 Å². The molecular formula is C24H24N2O4S. The number of carbonyl (C=O) groups is 1. The monoisotopic (exact) mass is 436 g/mol. The van der Waals surface area contributed by atoms with Gasteiger partial charge in [-0.3, -0.25) is 10.1 Å². The highest BCUT2D eigenvalue weighted by Crippen LogP contribution is 2.19. The fourth-order valence-corrected chi connectivity index (χ4v) is 2.93. The molecule has 0 aromatic heterocycles. The molecule has 0 bridgehead atoms. The molecule has 0 saturated heterocycles. The maximum Gasteiger partial charge on any atom is 0.261 e. The third-order valence-corrected chi connectivity index (χ3v) is 4.47. The molecule has 0 saturated carbocycles. The Morgan fingerprint density at radius 2 is 1.58 bits per heavy atom. The Hall–Kier alpha value is -3.42. The van der Waals surface area contributed by atoms with Gasteiger partial charge in [-0.1, -0.05) is 42.5 Å². The summed E-state index contributed by atoms with van der Waals surface area (Å²) in [5, 5.41) is 5.86. The van der Waals surface area contributed by atoms with Gasteiger partial charge in [0.25, 0.3) is 5.91 Å². The van der Waals surface area contributed by atoms with E-state index in [0.717, 1.165) is 17.0 Å². The molecular weight excluding hydrogens is 412 g/mol. The van der Waals surface area contributed by atoms with Crippen molar-refractivity contribution in [2.45, 2.75) is 6.61 Å². The van der Waals surface area contributed by atoms with E-state index in [0.29, 0.717) is 31.1 Å². The van der Waals surface area contributed by atoms with Gasteiger partial charge in [-0.05, 0) is 54.2 Å². The van der Waals surface area contributed by atoms with Crippen LogP contribution in [0.5, 0.6) is 11.5 Å². The van der Waals surface area contributed by atoms with E-state index < -0.39 is 0 Å². The van der Waals surface area contributed by atoms with Crippen LogP contribution in [0.3, 0.4) is 0 Å². The Balaban J connectivity index is 1.52. The van der Waals surface area contributed by atoms with E-state index in [4.69, 9.17) is 26.4 Å². The topological polar surface area (TPSA) is 68.8 Å². The third-order valence-electron chi connectivity index (χ3n) is 4.26. The molecule has 0 spiro atoms. The van der Waals surface area contributed by atoms with Crippen LogP contribution in [0.4, 0.5) is 5.69 Å². The largest absolute Gasteiger partial charge is 0.490 e. The number of thiocarbonyl (C=S) groups is 1. The normalized spacial score (nSPS) is 10.2. The number of amides is 1. The van der Waals surface area contributed by atoms with Crippen molar-refractivity contribution in [1.82, 2.24) is 5.32 Å². The zero-order chi connectivity index (χ0) is 21.9. The number of nitrogens with one attached hydrogen (secondary N) is 2. The zero-order valence-corrected chi connectivity index (χ0v) is 18.0. The van der Waals surface area contributed by atoms with E-state index in [1.807, 2.05) is 54.6 Å². The zero-order valence-electron chi connectivity index (χ0n) is 17.2. The molecule has 7 heteroatoms. The van der Waals surface area contributed by atoms with Crippen LogP contribution in [0.15, 0.2) is 78.9 Å². The third kappa shape index (κ3) is 7.09. The summed E-state index contributed by atoms with van der Waals surface area (Å²) >= 11 is 5.27. The van der Waals surface area contributed by atoms with E-state index in [1.54, 1.807) is 31.4 Å². The molecule has 0 heterocycles. The number of hydrogen-bond acceptors (Lipinski definition) is 5. The van der Waals surface area contributed by atoms with Crippen molar-refractivity contribution < 1.29 is 19.0 Å². The molecule has 160 valence electrons. The summed E-state index contributed by atoms with van der Waals surface area (Å²) in [5.74, 6) is 0.861. The second-order valence-corrected chi connectivity index (χ2v) is 6.95. The predicted molar refractivity (Wildman–Crippen MR) is 125 cm³/mol. The average molecular weight is 437 g/mol. The molecule has 0 aliphatic carbocycles. The van der Waals surface area contributed by atoms with Crippen molar-refractivity contribution in [3.8, 4) is 11.5 Å². The first-order valence-electron chi connectivity index (χ1n) is 9.75. The first-order chi connectivity index (χ1) is 15.2. The van der Waals surface area contributed by atoms with E-state index in [-0.39, 0.29) is 11.0 Å². The van der Waals surface area contributed by atoms with Crippen LogP contribution in [0.2, 0.25) is 0 Å². The number of hydrogen-bond donors (Lipinski definition) is 2. The van der Waals surface area contributed by atoms with Gasteiger partial charge in [-0.15, -0.1) is 0 Å². The first-order valence-corrected chi connectivity index (χ1v) is 10.2. The molecule has 1 amide bonds. The Kier molecular flexibility index (Phi) is 8.39. The smallest absolute Gasteiger partial charge is 0.261 e. The summed E-state index contributed by atoms with van der Waals surface area (Å²) < 4.78 is 16.4. The maximum atomic E-state index is 12.6. The summed E-state index contributed by atoms with van der Waals surface area (Å²) in [6, 6.07) is 24.3. The lowest BCUT2D eigenvalue weighted by atomic mass is 10.2. The Bertz CT molecular complexity index is 994. The molecule has 0 atom stereocenters. The molecule has 2 N–H and O–H groups in total. The molecule has 6 nitrogen and oxygen atoms in total. The van der Waals surface area contributed by atoms with E-state index >= 15 is 0 Å². The number of anilines is 1. The van der Waals surface area contributed by atoms with Gasteiger partial charge in [0.1, 0.15) is 24.7 Å². The maximum absolute atomic E-state index is 12.6. The van der Waals surface area contributed by atoms with Crippen LogP contribution < -0.4 is 20.1 Å². The second kappa shape index (κ2) is 11.7. The lowest BCUT2D eigenvalue weighted by Crippen LogP contribution is -2.34. The van der Waals surface area contributed by atoms with Crippen LogP contribution in [0.25, 0.3) is 0 Å². The van der Waals surface area contributed by atoms with Crippen LogP contribution >= 0.6 is 12.2 Å². The SMILES string of the molecule is COCCOc1ccccc1C(=O)NC(=S)Nc1ccc(OCc2ccccc2)cc1. The molecule has 0 aliphatic rings. The van der Waals surface area contributed by atoms with E-state index in [9.17, 15) is 4.79 Å². The molecule has 0 radical (unpaired) electrons. The van der Waals surface area contributed by atoms with Gasteiger partial charge in [0.2, 0.25) is 0 Å². The van der Waals surface area contributed by atoms with Crippen molar-refractivity contribution in [3.63, 3.8) is 0 Å². The Morgan fingerprint density at radius 3 is 2.32 bits per heavy atom. The highest BCUT2D eigenvalue weighted by atomic mass is 32.1. The van der Waals surface area contributed by atoms with Crippen molar-refractivity contribution in [2.24, 2.45) is 0 Å². The van der Waals surface area contributed by atoms with Gasteiger partial charge >= 0.3 is 0 Å². The fourth-order valence-electron chi connectivity index (χ4n) is 2.72. The van der Waals surface area contributed by atoms with Crippen molar-refractivity contribution in [1.29, 1.82) is 0 Å². The van der Waals surface area contributed by atoms with Gasteiger partial charge in [0.05, 0.1) is 12.2 Å². The van der Waals surface area contributed by atoms with Gasteiger partial charge in [0, 0.05) is 12.8 Å². The van der Waals surface area contributed by atoms with Crippen LogP contribution in [-0.2, 0) is 11.3 Å². The first kappa shape index (κ1) is 22.3. The highest BCUT2D eigenvalue weighted by Gasteiger charge is 2.13. The van der Waals surface area contributed by atoms with Crippen molar-refractivity contribution in [2.75, 3.05) is 25.6 Å². The Morgan fingerprint density at radius 1 is 0.871 bits per heavy atom. The van der Waals surface area contributed by atoms with Crippen molar-refractivity contribution >= 4 is 28.9 Å². The quantitative estimate of drug-likeness (QED) is 0.382. The summed E-state index contributed by atoms with van der Waals surface area (Å²) in [4.78, 5) is 12.6. The van der Waals surface area contributed by atoms with E-state index in [2.05, 4.69) is 10.6 Å². The lowest BCUT2D eigenvalue weighted by molar-refractivity contribution is 0.0970. The summed E-state index contributed by atoms with van der Waals surface area (Å²) in [6.45, 7) is 1.27. The van der Waals surface area contributed by atoms with Gasteiger partial charge in [0.15, 0.2) is 5.11 Å². The molecule has 3 aromatic rings. The minimum Gasteiger partial charge on any atom is -0.490 e. The van der Waals surface area contributed by atoms with Gasteiger partial charge in [-0.25, -0.2) is 0 Å². The number of ether oxygens (including phenoxy) is 3. The number of methoxy groups -OCH3 is 1. The molecule has 0 unspecified atom stereocenters. The molecule has 3 rings (SSSR count). The number of benzene rings is 3. The van der Waals surface area contributed by atoms with Gasteiger partial charge in [-0.2, -0.15) is 0 Å². The average Bonchev–Trinajstić information content (AvgIpc) is 2.80. The molecule has 0 fully saturated rings. The van der Waals surface area contributed by atoms with Crippen molar-refractivity contribution in [3.05, 3.63) is 90.0 Å². The van der Waals surface area contributed by atoms with E-state index in [1.165, 1.54) is 0 Å². The summed E-state index contributed by atoms with van der Waals surface area (Å²) in [7, 11) is 1.59. The molecule has 3 aromatic carbocycles. The summed E-state index contributed by atoms with van der Waals surface area (Å²) in [6.07, 6.45) is 0. The lowest BCUT2D eigenvalue weighted by Gasteiger charge is -2.13. The Labute approximate surface area is 187 Å². The summed E-state index contributed by atoms with van der Waals surface area (Å²) in [5.41, 5.74) is 2.23. The number of rotatable bonds is 9. The molecule has 31 heavy (non-hydrogen) atoms. The van der Waals surface area contributed by atoms with Crippen LogP contribution in [0.1, 0.15) is 15.9 Å². The second-order valence-electron chi connectivity index (χ2n) is 6.54. The van der Waals surface area contributed by atoms with Gasteiger partial charge < -0.3 is 19.5 Å². The number of carbonyl (C=O) groups excluding carboxylic acids is 1. The fraction of sp³-hybridized carbons (Fsp3) is 0.167. The predicted octanol–water partition coefficient (Wildman–Crippen LogP) is 4.42. The minimum atomic E-state index is -0.353. The number of para-hydroxylation sites is 1. The van der Waals surface area contributed by atoms with Crippen LogP contribution in [0, 0.1) is 0 Å².